The molecule has 5 N–H and O–H groups in total. The third-order valence-electron chi connectivity index (χ3n) is 4.55. The van der Waals surface area contributed by atoms with Crippen LogP contribution in [0.2, 0.25) is 0 Å². The van der Waals surface area contributed by atoms with Crippen LogP contribution in [0.4, 0.5) is 17.5 Å². The fourth-order valence-corrected chi connectivity index (χ4v) is 3.09. The lowest BCUT2D eigenvalue weighted by atomic mass is 10.1. The molecule has 11 heteroatoms. The maximum atomic E-state index is 13.1. The number of aromatic nitrogens is 4. The van der Waals surface area contributed by atoms with Gasteiger partial charge in [0.05, 0.1) is 31.2 Å². The van der Waals surface area contributed by atoms with Gasteiger partial charge in [-0.2, -0.15) is 0 Å². The van der Waals surface area contributed by atoms with Crippen LogP contribution in [0.1, 0.15) is 27.7 Å². The van der Waals surface area contributed by atoms with Gasteiger partial charge in [0, 0.05) is 17.8 Å². The predicted octanol–water partition coefficient (Wildman–Crippen LogP) is 1.25. The summed E-state index contributed by atoms with van der Waals surface area (Å²) in [5, 5.41) is 35.5. The quantitative estimate of drug-likeness (QED) is 0.316. The molecule has 0 aromatic carbocycles. The average Bonchev–Trinajstić information content (AvgIpc) is 2.74. The minimum absolute atomic E-state index is 0.0315. The number of nitrogens with zero attached hydrogens (tertiary/aromatic N) is 4. The smallest absolute Gasteiger partial charge is 0.262 e. The van der Waals surface area contributed by atoms with Crippen molar-refractivity contribution >= 4 is 28.2 Å². The summed E-state index contributed by atoms with van der Waals surface area (Å²) >= 11 is 0. The second-order valence-corrected chi connectivity index (χ2v) is 8.78. The van der Waals surface area contributed by atoms with Crippen LogP contribution in [0.15, 0.2) is 35.5 Å². The Bertz CT molecular complexity index is 1160. The van der Waals surface area contributed by atoms with Gasteiger partial charge in [-0.25, -0.2) is 15.0 Å². The van der Waals surface area contributed by atoms with E-state index in [1.165, 1.54) is 10.9 Å². The molecule has 3 rings (SSSR count). The average molecular weight is 459 g/mol. The van der Waals surface area contributed by atoms with Crippen LogP contribution in [0, 0.1) is 0 Å². The van der Waals surface area contributed by atoms with Crippen LogP contribution in [-0.4, -0.2) is 65.8 Å². The number of ether oxygens (including phenoxy) is 1. The first kappa shape index (κ1) is 24.4. The number of nitrogens with one attached hydrogen (secondary N) is 2. The molecule has 0 aliphatic carbocycles. The van der Waals surface area contributed by atoms with Crippen molar-refractivity contribution in [2.75, 3.05) is 23.8 Å². The maximum absolute atomic E-state index is 13.1. The molecule has 0 radical (unpaired) electrons. The van der Waals surface area contributed by atoms with Gasteiger partial charge in [0.2, 0.25) is 5.88 Å². The SMILES string of the molecule is C[C@@H](CO)Oc1cc(Nc2cc3ccn(C[C@H](O)CO)c(=O)c3c(NC(C)(C)C)n2)ncn1. The van der Waals surface area contributed by atoms with Gasteiger partial charge in [-0.05, 0) is 45.2 Å². The summed E-state index contributed by atoms with van der Waals surface area (Å²) in [7, 11) is 0. The second kappa shape index (κ2) is 10.1. The normalized spacial score (nSPS) is 13.5. The number of aliphatic hydroxyl groups excluding tert-OH is 3. The van der Waals surface area contributed by atoms with E-state index in [1.54, 1.807) is 31.3 Å². The van der Waals surface area contributed by atoms with Crippen molar-refractivity contribution in [3.05, 3.63) is 41.1 Å². The molecule has 3 heterocycles. The van der Waals surface area contributed by atoms with Gasteiger partial charge in [-0.15, -0.1) is 0 Å². The zero-order chi connectivity index (χ0) is 24.2. The van der Waals surface area contributed by atoms with E-state index in [0.29, 0.717) is 34.1 Å². The molecular weight excluding hydrogens is 428 g/mol. The lowest BCUT2D eigenvalue weighted by molar-refractivity contribution is 0.0805. The lowest BCUT2D eigenvalue weighted by Crippen LogP contribution is -2.31. The molecule has 0 unspecified atom stereocenters. The highest BCUT2D eigenvalue weighted by Crippen LogP contribution is 2.26. The first-order valence-electron chi connectivity index (χ1n) is 10.6. The van der Waals surface area contributed by atoms with Gasteiger partial charge in [0.15, 0.2) is 0 Å². The summed E-state index contributed by atoms with van der Waals surface area (Å²) in [5.41, 5.74) is -0.714. The van der Waals surface area contributed by atoms with Gasteiger partial charge in [-0.3, -0.25) is 4.79 Å². The van der Waals surface area contributed by atoms with Crippen molar-refractivity contribution < 1.29 is 20.1 Å². The van der Waals surface area contributed by atoms with Crippen LogP contribution in [0.3, 0.4) is 0 Å². The van der Waals surface area contributed by atoms with Crippen molar-refractivity contribution in [3.8, 4) is 5.88 Å². The molecule has 0 saturated carbocycles. The summed E-state index contributed by atoms with van der Waals surface area (Å²) in [6.45, 7) is 6.96. The Labute approximate surface area is 191 Å². The van der Waals surface area contributed by atoms with Crippen molar-refractivity contribution in [1.82, 2.24) is 19.5 Å². The number of anilines is 3. The van der Waals surface area contributed by atoms with Gasteiger partial charge >= 0.3 is 0 Å². The van der Waals surface area contributed by atoms with E-state index in [4.69, 9.17) is 9.84 Å². The minimum atomic E-state index is -1.05. The summed E-state index contributed by atoms with van der Waals surface area (Å²) in [4.78, 5) is 26.0. The Kier molecular flexibility index (Phi) is 7.46. The molecule has 0 aliphatic heterocycles. The van der Waals surface area contributed by atoms with Crippen molar-refractivity contribution in [2.45, 2.75) is 52.0 Å². The second-order valence-electron chi connectivity index (χ2n) is 8.78. The standard InChI is InChI=1S/C22H30N6O5/c1-13(10-29)33-18-8-16(23-12-24-18)25-17-7-14-5-6-28(9-15(31)11-30)21(32)19(14)20(26-17)27-22(2,3)4/h5-8,12-13,15,29-31H,9-11H2,1-4H3,(H2,23,24,25,26,27)/t13-,15-/m0/s1. The largest absolute Gasteiger partial charge is 0.472 e. The maximum Gasteiger partial charge on any atom is 0.262 e. The zero-order valence-corrected chi connectivity index (χ0v) is 19.1. The molecular formula is C22H30N6O5. The molecule has 2 atom stereocenters. The van der Waals surface area contributed by atoms with E-state index < -0.39 is 18.8 Å². The Morgan fingerprint density at radius 2 is 1.91 bits per heavy atom. The van der Waals surface area contributed by atoms with Crippen LogP contribution >= 0.6 is 0 Å². The monoisotopic (exact) mass is 458 g/mol. The van der Waals surface area contributed by atoms with E-state index in [2.05, 4.69) is 25.6 Å². The van der Waals surface area contributed by atoms with Crippen LogP contribution in [0.5, 0.6) is 5.88 Å². The summed E-state index contributed by atoms with van der Waals surface area (Å²) < 4.78 is 6.86. The Balaban J connectivity index is 2.03. The van der Waals surface area contributed by atoms with E-state index in [0.717, 1.165) is 0 Å². The molecule has 3 aromatic heterocycles. The molecule has 178 valence electrons. The topological polar surface area (TPSA) is 155 Å². The Morgan fingerprint density at radius 3 is 2.58 bits per heavy atom. The van der Waals surface area contributed by atoms with Crippen molar-refractivity contribution in [1.29, 1.82) is 0 Å². The highest BCUT2D eigenvalue weighted by molar-refractivity contribution is 5.93. The van der Waals surface area contributed by atoms with E-state index in [-0.39, 0.29) is 24.2 Å². The van der Waals surface area contributed by atoms with E-state index >= 15 is 0 Å². The summed E-state index contributed by atoms with van der Waals surface area (Å²) in [6, 6.07) is 5.05. The molecule has 11 nitrogen and oxygen atoms in total. The molecule has 0 saturated heterocycles. The van der Waals surface area contributed by atoms with Crippen LogP contribution in [-0.2, 0) is 6.54 Å². The zero-order valence-electron chi connectivity index (χ0n) is 19.1. The summed E-state index contributed by atoms with van der Waals surface area (Å²) in [6.07, 6.45) is 1.44. The number of rotatable bonds is 9. The highest BCUT2D eigenvalue weighted by atomic mass is 16.5. The molecule has 0 bridgehead atoms. The van der Waals surface area contributed by atoms with Crippen molar-refractivity contribution in [2.24, 2.45) is 0 Å². The summed E-state index contributed by atoms with van der Waals surface area (Å²) in [5.74, 6) is 1.55. The molecule has 0 fully saturated rings. The van der Waals surface area contributed by atoms with E-state index in [9.17, 15) is 15.0 Å². The third kappa shape index (κ3) is 6.37. The van der Waals surface area contributed by atoms with Gasteiger partial charge in [-0.1, -0.05) is 0 Å². The first-order valence-corrected chi connectivity index (χ1v) is 10.6. The van der Waals surface area contributed by atoms with Crippen LogP contribution < -0.4 is 20.9 Å². The Morgan fingerprint density at radius 1 is 1.15 bits per heavy atom. The molecule has 0 amide bonds. The lowest BCUT2D eigenvalue weighted by Gasteiger charge is -2.23. The fraction of sp³-hybridized carbons (Fsp3) is 0.455. The van der Waals surface area contributed by atoms with Crippen LogP contribution in [0.25, 0.3) is 10.8 Å². The number of fused-ring (bicyclic) bond motifs is 1. The highest BCUT2D eigenvalue weighted by Gasteiger charge is 2.18. The third-order valence-corrected chi connectivity index (χ3v) is 4.55. The van der Waals surface area contributed by atoms with E-state index in [1.807, 2.05) is 20.8 Å². The number of hydrogen-bond donors (Lipinski definition) is 5. The predicted molar refractivity (Wildman–Crippen MR) is 125 cm³/mol. The van der Waals surface area contributed by atoms with Gasteiger partial charge in [0.25, 0.3) is 5.56 Å². The fourth-order valence-electron chi connectivity index (χ4n) is 3.09. The molecule has 3 aromatic rings. The first-order chi connectivity index (χ1) is 15.6. The minimum Gasteiger partial charge on any atom is -0.472 e. The number of pyridine rings is 2. The number of hydrogen-bond acceptors (Lipinski definition) is 10. The van der Waals surface area contributed by atoms with Gasteiger partial charge < -0.3 is 35.3 Å². The number of aliphatic hydroxyl groups is 3. The molecule has 33 heavy (non-hydrogen) atoms. The Hall–Kier alpha value is -3.28. The van der Waals surface area contributed by atoms with Gasteiger partial charge in [0.1, 0.15) is 29.9 Å². The van der Waals surface area contributed by atoms with Crippen molar-refractivity contribution in [3.63, 3.8) is 0 Å². The molecule has 0 aliphatic rings. The molecule has 0 spiro atoms.